The van der Waals surface area contributed by atoms with Crippen LogP contribution in [0.5, 0.6) is 0 Å². The van der Waals surface area contributed by atoms with E-state index in [1.165, 1.54) is 12.8 Å². The number of amides is 3. The Hall–Kier alpha value is -2.08. The van der Waals surface area contributed by atoms with Crippen LogP contribution in [0, 0.1) is 5.92 Å². The average molecular weight is 346 g/mol. The number of carbonyl (C=O) groups is 2. The summed E-state index contributed by atoms with van der Waals surface area (Å²) in [6.45, 7) is 7.36. The second-order valence-electron chi connectivity index (χ2n) is 7.01. The normalized spacial score (nSPS) is 19.1. The van der Waals surface area contributed by atoms with E-state index in [1.807, 2.05) is 31.2 Å². The number of carbonyl (C=O) groups excluding carboxylic acids is 2. The van der Waals surface area contributed by atoms with Crippen molar-refractivity contribution in [3.8, 4) is 0 Å². The second-order valence-corrected chi connectivity index (χ2v) is 7.01. The molecule has 3 N–H and O–H groups in total. The van der Waals surface area contributed by atoms with Gasteiger partial charge in [0.1, 0.15) is 0 Å². The van der Waals surface area contributed by atoms with Gasteiger partial charge in [0.2, 0.25) is 5.91 Å². The molecule has 1 fully saturated rings. The summed E-state index contributed by atoms with van der Waals surface area (Å²) in [5.74, 6) is 0.647. The lowest BCUT2D eigenvalue weighted by Gasteiger charge is -2.32. The van der Waals surface area contributed by atoms with E-state index in [9.17, 15) is 9.59 Å². The summed E-state index contributed by atoms with van der Waals surface area (Å²) in [6, 6.07) is 7.21. The Morgan fingerprint density at radius 1 is 1.32 bits per heavy atom. The van der Waals surface area contributed by atoms with Gasteiger partial charge < -0.3 is 20.9 Å². The van der Waals surface area contributed by atoms with Crippen molar-refractivity contribution in [2.45, 2.75) is 39.2 Å². The van der Waals surface area contributed by atoms with Gasteiger partial charge in [-0.05, 0) is 43.9 Å². The van der Waals surface area contributed by atoms with Gasteiger partial charge in [0, 0.05) is 31.9 Å². The zero-order valence-electron chi connectivity index (χ0n) is 15.5. The van der Waals surface area contributed by atoms with Gasteiger partial charge >= 0.3 is 6.03 Å². The molecule has 0 spiro atoms. The summed E-state index contributed by atoms with van der Waals surface area (Å²) in [5.41, 5.74) is 1.47. The molecule has 0 saturated carbocycles. The number of para-hydroxylation sites is 1. The lowest BCUT2D eigenvalue weighted by molar-refractivity contribution is -0.119. The van der Waals surface area contributed by atoms with Crippen LogP contribution in [0.25, 0.3) is 0 Å². The minimum atomic E-state index is -0.234. The fraction of sp³-hybridized carbons (Fsp3) is 0.579. The summed E-state index contributed by atoms with van der Waals surface area (Å²) in [5, 5.41) is 8.46. The van der Waals surface area contributed by atoms with Crippen molar-refractivity contribution in [3.63, 3.8) is 0 Å². The highest BCUT2D eigenvalue weighted by atomic mass is 16.2. The molecular weight excluding hydrogens is 316 g/mol. The zero-order chi connectivity index (χ0) is 18.2. The van der Waals surface area contributed by atoms with E-state index in [0.717, 1.165) is 31.1 Å². The second kappa shape index (κ2) is 9.42. The molecule has 0 radical (unpaired) electrons. The Kier molecular flexibility index (Phi) is 7.25. The Labute approximate surface area is 150 Å². The summed E-state index contributed by atoms with van der Waals surface area (Å²) in [4.78, 5) is 26.3. The molecule has 0 aliphatic carbocycles. The maximum absolute atomic E-state index is 12.3. The van der Waals surface area contributed by atoms with Gasteiger partial charge in [-0.1, -0.05) is 25.1 Å². The molecule has 3 amide bonds. The van der Waals surface area contributed by atoms with Crippen LogP contribution < -0.4 is 16.0 Å². The van der Waals surface area contributed by atoms with Crippen molar-refractivity contribution in [3.05, 3.63) is 29.8 Å². The molecule has 1 heterocycles. The van der Waals surface area contributed by atoms with Crippen LogP contribution in [0.1, 0.15) is 32.3 Å². The quantitative estimate of drug-likeness (QED) is 0.739. The largest absolute Gasteiger partial charge is 0.359 e. The van der Waals surface area contributed by atoms with Crippen LogP contribution >= 0.6 is 0 Å². The topological polar surface area (TPSA) is 73.5 Å². The van der Waals surface area contributed by atoms with Crippen LogP contribution in [-0.2, 0) is 11.2 Å². The fourth-order valence-electron chi connectivity index (χ4n) is 3.33. The van der Waals surface area contributed by atoms with E-state index in [2.05, 4.69) is 27.8 Å². The number of likely N-dealkylation sites (N-methyl/N-ethyl adjacent to an activating group) is 1. The number of nitrogens with one attached hydrogen (secondary N) is 3. The van der Waals surface area contributed by atoms with Gasteiger partial charge in [0.05, 0.1) is 6.42 Å². The summed E-state index contributed by atoms with van der Waals surface area (Å²) >= 11 is 0. The number of rotatable bonds is 6. The van der Waals surface area contributed by atoms with Crippen LogP contribution in [-0.4, -0.2) is 49.6 Å². The number of hydrogen-bond acceptors (Lipinski definition) is 3. The summed E-state index contributed by atoms with van der Waals surface area (Å²) in [6.07, 6.45) is 2.77. The van der Waals surface area contributed by atoms with E-state index in [0.29, 0.717) is 5.69 Å². The Morgan fingerprint density at radius 2 is 2.08 bits per heavy atom. The predicted octanol–water partition coefficient (Wildman–Crippen LogP) is 2.22. The van der Waals surface area contributed by atoms with Crippen LogP contribution in [0.4, 0.5) is 10.5 Å². The van der Waals surface area contributed by atoms with Crippen molar-refractivity contribution in [1.82, 2.24) is 15.5 Å². The fourth-order valence-corrected chi connectivity index (χ4v) is 3.33. The van der Waals surface area contributed by atoms with Crippen LogP contribution in [0.2, 0.25) is 0 Å². The van der Waals surface area contributed by atoms with Crippen LogP contribution in [0.15, 0.2) is 24.3 Å². The number of benzene rings is 1. The first-order chi connectivity index (χ1) is 12.0. The molecule has 6 heteroatoms. The average Bonchev–Trinajstić information content (AvgIpc) is 2.56. The lowest BCUT2D eigenvalue weighted by Crippen LogP contribution is -2.46. The van der Waals surface area contributed by atoms with E-state index in [4.69, 9.17) is 0 Å². The van der Waals surface area contributed by atoms with Crippen molar-refractivity contribution in [2.24, 2.45) is 5.92 Å². The molecule has 0 aromatic heterocycles. The molecule has 1 aliphatic heterocycles. The molecule has 6 nitrogen and oxygen atoms in total. The highest BCUT2D eigenvalue weighted by Gasteiger charge is 2.19. The molecular formula is C19H30N4O2. The molecule has 2 atom stereocenters. The summed E-state index contributed by atoms with van der Waals surface area (Å²) < 4.78 is 0. The zero-order valence-corrected chi connectivity index (χ0v) is 15.5. The van der Waals surface area contributed by atoms with Crippen molar-refractivity contribution < 1.29 is 9.59 Å². The third-order valence-electron chi connectivity index (χ3n) is 4.55. The van der Waals surface area contributed by atoms with Gasteiger partial charge in [-0.3, -0.25) is 4.79 Å². The Morgan fingerprint density at radius 3 is 2.80 bits per heavy atom. The number of piperidine rings is 1. The van der Waals surface area contributed by atoms with Crippen molar-refractivity contribution >= 4 is 17.6 Å². The number of likely N-dealkylation sites (tertiary alicyclic amines) is 1. The molecule has 1 aliphatic rings. The standard InChI is InChI=1S/C19H30N4O2/c1-14-7-6-10-23(12-14)13-15(2)21-19(25)22-17-9-5-4-8-16(17)11-18(24)20-3/h4-5,8-9,14-15H,6-7,10-13H2,1-3H3,(H,20,24)(H2,21,22,25). The van der Waals surface area contributed by atoms with Gasteiger partial charge in [0.15, 0.2) is 0 Å². The van der Waals surface area contributed by atoms with Gasteiger partial charge in [-0.15, -0.1) is 0 Å². The molecule has 0 bridgehead atoms. The first kappa shape index (κ1) is 19.2. The third kappa shape index (κ3) is 6.38. The SMILES string of the molecule is CNC(=O)Cc1ccccc1NC(=O)NC(C)CN1CCCC(C)C1. The minimum absolute atomic E-state index is 0.0661. The highest BCUT2D eigenvalue weighted by molar-refractivity contribution is 5.91. The molecule has 1 saturated heterocycles. The van der Waals surface area contributed by atoms with Crippen molar-refractivity contribution in [2.75, 3.05) is 32.0 Å². The summed E-state index contributed by atoms with van der Waals surface area (Å²) in [7, 11) is 1.61. The monoisotopic (exact) mass is 346 g/mol. The highest BCUT2D eigenvalue weighted by Crippen LogP contribution is 2.17. The van der Waals surface area contributed by atoms with E-state index < -0.39 is 0 Å². The van der Waals surface area contributed by atoms with Gasteiger partial charge in [-0.2, -0.15) is 0 Å². The van der Waals surface area contributed by atoms with E-state index >= 15 is 0 Å². The smallest absolute Gasteiger partial charge is 0.319 e. The Balaban J connectivity index is 1.86. The number of anilines is 1. The van der Waals surface area contributed by atoms with Crippen molar-refractivity contribution in [1.29, 1.82) is 0 Å². The molecule has 1 aromatic rings. The van der Waals surface area contributed by atoms with E-state index in [-0.39, 0.29) is 24.4 Å². The van der Waals surface area contributed by atoms with Crippen LogP contribution in [0.3, 0.4) is 0 Å². The third-order valence-corrected chi connectivity index (χ3v) is 4.55. The number of nitrogens with zero attached hydrogens (tertiary/aromatic N) is 1. The Bertz CT molecular complexity index is 591. The molecule has 1 aromatic carbocycles. The number of hydrogen-bond donors (Lipinski definition) is 3. The van der Waals surface area contributed by atoms with Gasteiger partial charge in [-0.25, -0.2) is 4.79 Å². The first-order valence-electron chi connectivity index (χ1n) is 9.06. The lowest BCUT2D eigenvalue weighted by atomic mass is 10.00. The maximum Gasteiger partial charge on any atom is 0.319 e. The molecule has 138 valence electrons. The molecule has 2 rings (SSSR count). The first-order valence-corrected chi connectivity index (χ1v) is 9.06. The predicted molar refractivity (Wildman–Crippen MR) is 101 cm³/mol. The number of urea groups is 1. The molecule has 2 unspecified atom stereocenters. The van der Waals surface area contributed by atoms with E-state index in [1.54, 1.807) is 7.05 Å². The molecule has 25 heavy (non-hydrogen) atoms. The van der Waals surface area contributed by atoms with Gasteiger partial charge in [0.25, 0.3) is 0 Å². The minimum Gasteiger partial charge on any atom is -0.359 e. The maximum atomic E-state index is 12.3.